The molecule has 2 rings (SSSR count). The first-order valence-corrected chi connectivity index (χ1v) is 10.7. The number of rotatable bonds is 6. The van der Waals surface area contributed by atoms with Crippen molar-refractivity contribution in [3.8, 4) is 0 Å². The average Bonchev–Trinajstić information content (AvgIpc) is 2.92. The highest BCUT2D eigenvalue weighted by molar-refractivity contribution is 6.30. The summed E-state index contributed by atoms with van der Waals surface area (Å²) >= 11 is 6.22. The molecule has 1 aliphatic heterocycles. The molecule has 0 spiro atoms. The van der Waals surface area contributed by atoms with Crippen LogP contribution in [-0.2, 0) is 14.2 Å². The van der Waals surface area contributed by atoms with Gasteiger partial charge in [0, 0.05) is 30.6 Å². The smallest absolute Gasteiger partial charge is 0.410 e. The van der Waals surface area contributed by atoms with Crippen molar-refractivity contribution in [1.29, 1.82) is 0 Å². The van der Waals surface area contributed by atoms with E-state index in [1.54, 1.807) is 4.90 Å². The van der Waals surface area contributed by atoms with E-state index >= 15 is 0 Å². The van der Waals surface area contributed by atoms with Crippen molar-refractivity contribution in [3.63, 3.8) is 0 Å². The van der Waals surface area contributed by atoms with Gasteiger partial charge >= 0.3 is 12.2 Å². The van der Waals surface area contributed by atoms with Crippen molar-refractivity contribution in [1.82, 2.24) is 10.2 Å². The summed E-state index contributed by atoms with van der Waals surface area (Å²) in [5, 5.41) is 3.25. The fourth-order valence-corrected chi connectivity index (χ4v) is 3.71. The minimum atomic E-state index is -0.540. The third-order valence-electron chi connectivity index (χ3n) is 4.82. The van der Waals surface area contributed by atoms with Crippen LogP contribution in [0.25, 0.3) is 0 Å². The maximum absolute atomic E-state index is 12.7. The molecule has 168 valence electrons. The van der Waals surface area contributed by atoms with E-state index in [1.165, 1.54) is 7.11 Å². The Morgan fingerprint density at radius 1 is 1.30 bits per heavy atom. The lowest BCUT2D eigenvalue weighted by molar-refractivity contribution is -0.00821. The average molecular weight is 441 g/mol. The van der Waals surface area contributed by atoms with E-state index < -0.39 is 11.7 Å². The van der Waals surface area contributed by atoms with E-state index in [-0.39, 0.29) is 18.1 Å². The minimum Gasteiger partial charge on any atom is -0.453 e. The van der Waals surface area contributed by atoms with Gasteiger partial charge in [0.25, 0.3) is 0 Å². The Balaban J connectivity index is 2.14. The zero-order valence-corrected chi connectivity index (χ0v) is 19.0. The molecule has 7 nitrogen and oxygen atoms in total. The van der Waals surface area contributed by atoms with Crippen LogP contribution in [0.1, 0.15) is 51.7 Å². The standard InChI is InChI=1S/C22H33ClN2O5/c1-22(2,3)30-21(27)25-12-6-5-8-17(15-25)19(16-9-7-10-18(23)14-16)29-13-11-24-20(26)28-4/h7,9-10,14,17,19H,5-6,8,11-13,15H2,1-4H3,(H,24,26). The number of nitrogens with one attached hydrogen (secondary N) is 1. The van der Waals surface area contributed by atoms with Gasteiger partial charge in [0.1, 0.15) is 5.60 Å². The van der Waals surface area contributed by atoms with E-state index in [4.69, 9.17) is 21.1 Å². The molecule has 8 heteroatoms. The summed E-state index contributed by atoms with van der Waals surface area (Å²) in [4.78, 5) is 25.7. The van der Waals surface area contributed by atoms with Gasteiger partial charge in [0.15, 0.2) is 0 Å². The molecule has 1 saturated heterocycles. The minimum absolute atomic E-state index is 0.0802. The molecular weight excluding hydrogens is 408 g/mol. The predicted octanol–water partition coefficient (Wildman–Crippen LogP) is 4.79. The number of carbonyl (C=O) groups is 2. The second-order valence-corrected chi connectivity index (χ2v) is 8.88. The van der Waals surface area contributed by atoms with E-state index in [0.29, 0.717) is 31.3 Å². The van der Waals surface area contributed by atoms with Crippen molar-refractivity contribution in [2.75, 3.05) is 33.4 Å². The largest absolute Gasteiger partial charge is 0.453 e. The monoisotopic (exact) mass is 440 g/mol. The van der Waals surface area contributed by atoms with Gasteiger partial charge in [-0.3, -0.25) is 0 Å². The lowest BCUT2D eigenvalue weighted by atomic mass is 9.91. The molecule has 1 fully saturated rings. The SMILES string of the molecule is COC(=O)NCCOC(c1cccc(Cl)c1)C1CCCCN(C(=O)OC(C)(C)C)C1. The number of ether oxygens (including phenoxy) is 3. The molecule has 2 amide bonds. The predicted molar refractivity (Wildman–Crippen MR) is 116 cm³/mol. The number of hydrogen-bond donors (Lipinski definition) is 1. The van der Waals surface area contributed by atoms with Gasteiger partial charge in [-0.2, -0.15) is 0 Å². The highest BCUT2D eigenvalue weighted by Crippen LogP contribution is 2.34. The van der Waals surface area contributed by atoms with Crippen molar-refractivity contribution in [2.45, 2.75) is 51.7 Å². The number of likely N-dealkylation sites (tertiary alicyclic amines) is 1. The maximum Gasteiger partial charge on any atom is 0.410 e. The fourth-order valence-electron chi connectivity index (χ4n) is 3.51. The maximum atomic E-state index is 12.7. The molecule has 1 aromatic rings. The lowest BCUT2D eigenvalue weighted by Crippen LogP contribution is -2.40. The van der Waals surface area contributed by atoms with E-state index in [2.05, 4.69) is 10.1 Å². The third-order valence-corrected chi connectivity index (χ3v) is 5.05. The van der Waals surface area contributed by atoms with Crippen molar-refractivity contribution in [2.24, 2.45) is 5.92 Å². The van der Waals surface area contributed by atoms with Crippen LogP contribution < -0.4 is 5.32 Å². The van der Waals surface area contributed by atoms with Crippen molar-refractivity contribution < 1.29 is 23.8 Å². The number of hydrogen-bond acceptors (Lipinski definition) is 5. The highest BCUT2D eigenvalue weighted by atomic mass is 35.5. The first-order chi connectivity index (χ1) is 14.2. The lowest BCUT2D eigenvalue weighted by Gasteiger charge is -2.32. The van der Waals surface area contributed by atoms with Crippen LogP contribution in [0.4, 0.5) is 9.59 Å². The van der Waals surface area contributed by atoms with Crippen LogP contribution in [0.2, 0.25) is 5.02 Å². The summed E-state index contributed by atoms with van der Waals surface area (Å²) in [6.45, 7) is 7.45. The molecule has 1 aromatic carbocycles. The van der Waals surface area contributed by atoms with Crippen molar-refractivity contribution >= 4 is 23.8 Å². The number of nitrogens with zero attached hydrogens (tertiary/aromatic N) is 1. The van der Waals surface area contributed by atoms with Gasteiger partial charge < -0.3 is 24.4 Å². The number of alkyl carbamates (subject to hydrolysis) is 1. The van der Waals surface area contributed by atoms with Gasteiger partial charge in [-0.1, -0.05) is 30.2 Å². The molecule has 0 bridgehead atoms. The van der Waals surface area contributed by atoms with Gasteiger partial charge in [0.05, 0.1) is 19.8 Å². The number of methoxy groups -OCH3 is 1. The Bertz CT molecular complexity index is 707. The summed E-state index contributed by atoms with van der Waals surface area (Å²) in [5.41, 5.74) is 0.415. The molecule has 0 saturated carbocycles. The molecule has 1 N–H and O–H groups in total. The number of amides is 2. The Labute approximate surface area is 184 Å². The summed E-state index contributed by atoms with van der Waals surface area (Å²) in [5.74, 6) is 0.0802. The first kappa shape index (κ1) is 24.3. The zero-order chi connectivity index (χ0) is 22.1. The molecule has 0 aromatic heterocycles. The van der Waals surface area contributed by atoms with Gasteiger partial charge in [-0.05, 0) is 51.3 Å². The number of carbonyl (C=O) groups excluding carboxylic acids is 2. The second-order valence-electron chi connectivity index (χ2n) is 8.45. The van der Waals surface area contributed by atoms with Crippen LogP contribution in [0.5, 0.6) is 0 Å². The van der Waals surface area contributed by atoms with Crippen LogP contribution >= 0.6 is 11.6 Å². The van der Waals surface area contributed by atoms with E-state index in [9.17, 15) is 9.59 Å². The topological polar surface area (TPSA) is 77.1 Å². The molecule has 2 atom stereocenters. The van der Waals surface area contributed by atoms with Gasteiger partial charge in [-0.15, -0.1) is 0 Å². The summed E-state index contributed by atoms with van der Waals surface area (Å²) in [6.07, 6.45) is 1.77. The first-order valence-electron chi connectivity index (χ1n) is 10.4. The summed E-state index contributed by atoms with van der Waals surface area (Å²) in [7, 11) is 1.32. The quantitative estimate of drug-likeness (QED) is 0.643. The number of benzene rings is 1. The Hall–Kier alpha value is -1.99. The van der Waals surface area contributed by atoms with Crippen LogP contribution in [0.15, 0.2) is 24.3 Å². The summed E-state index contributed by atoms with van der Waals surface area (Å²) < 4.78 is 16.4. The van der Waals surface area contributed by atoms with Crippen molar-refractivity contribution in [3.05, 3.63) is 34.9 Å². The van der Waals surface area contributed by atoms with E-state index in [0.717, 1.165) is 24.8 Å². The normalized spacial score (nSPS) is 18.3. The summed E-state index contributed by atoms with van der Waals surface area (Å²) in [6, 6.07) is 7.58. The Morgan fingerprint density at radius 2 is 2.07 bits per heavy atom. The third kappa shape index (κ3) is 8.03. The van der Waals surface area contributed by atoms with Crippen LogP contribution in [0.3, 0.4) is 0 Å². The van der Waals surface area contributed by atoms with Crippen LogP contribution in [0, 0.1) is 5.92 Å². The molecule has 1 heterocycles. The molecule has 30 heavy (non-hydrogen) atoms. The second kappa shape index (κ2) is 11.4. The number of halogens is 1. The molecular formula is C22H33ClN2O5. The molecule has 2 unspecified atom stereocenters. The molecule has 1 aliphatic rings. The van der Waals surface area contributed by atoms with Gasteiger partial charge in [-0.25, -0.2) is 9.59 Å². The fraction of sp³-hybridized carbons (Fsp3) is 0.636. The van der Waals surface area contributed by atoms with Gasteiger partial charge in [0.2, 0.25) is 0 Å². The van der Waals surface area contributed by atoms with E-state index in [1.807, 2.05) is 45.0 Å². The molecule has 0 aliphatic carbocycles. The van der Waals surface area contributed by atoms with Crippen LogP contribution in [-0.4, -0.2) is 56.0 Å². The highest BCUT2D eigenvalue weighted by Gasteiger charge is 2.32. The Morgan fingerprint density at radius 3 is 2.73 bits per heavy atom. The Kier molecular flexibility index (Phi) is 9.24. The zero-order valence-electron chi connectivity index (χ0n) is 18.3. The molecule has 0 radical (unpaired) electrons.